The highest BCUT2D eigenvalue weighted by Gasteiger charge is 2.36. The number of sulfone groups is 1. The number of hydrogen-bond acceptors (Lipinski definition) is 7. The molecule has 0 unspecified atom stereocenters. The summed E-state index contributed by atoms with van der Waals surface area (Å²) in [6.45, 7) is -1.79. The molecule has 45 heavy (non-hydrogen) atoms. The number of nitrogens with zero attached hydrogens (tertiary/aromatic N) is 2. The second kappa shape index (κ2) is 13.8. The molecule has 3 aromatic rings. The Hall–Kier alpha value is -4.22. The fraction of sp³-hybridized carbons (Fsp3) is 0.355. The first-order chi connectivity index (χ1) is 21.2. The fourth-order valence-electron chi connectivity index (χ4n) is 5.35. The Kier molecular flexibility index (Phi) is 10.3. The van der Waals surface area contributed by atoms with Gasteiger partial charge in [-0.3, -0.25) is 4.79 Å². The third-order valence-electron chi connectivity index (χ3n) is 7.60. The summed E-state index contributed by atoms with van der Waals surface area (Å²) in [7, 11) is -3.48. The normalized spacial score (nSPS) is 17.7. The van der Waals surface area contributed by atoms with Crippen molar-refractivity contribution in [1.82, 2.24) is 0 Å². The fourth-order valence-corrected chi connectivity index (χ4v) is 6.23. The van der Waals surface area contributed by atoms with Crippen LogP contribution in [0.25, 0.3) is 0 Å². The molecular weight excluding hydrogens is 621 g/mol. The van der Waals surface area contributed by atoms with E-state index in [0.717, 1.165) is 12.1 Å². The van der Waals surface area contributed by atoms with Crippen molar-refractivity contribution in [3.63, 3.8) is 0 Å². The zero-order chi connectivity index (χ0) is 32.9. The van der Waals surface area contributed by atoms with Gasteiger partial charge in [-0.15, -0.1) is 0 Å². The molecule has 0 spiro atoms. The number of carbonyl (C=O) groups is 1. The van der Waals surface area contributed by atoms with E-state index in [4.69, 9.17) is 10.5 Å². The minimum atomic E-state index is -4.52. The molecular formula is C31H30F5N3O5S. The number of hydrogen-bond donors (Lipinski definition) is 1. The van der Waals surface area contributed by atoms with Gasteiger partial charge in [0, 0.05) is 30.0 Å². The van der Waals surface area contributed by atoms with E-state index >= 15 is 0 Å². The summed E-state index contributed by atoms with van der Waals surface area (Å²) < 4.78 is 100. The van der Waals surface area contributed by atoms with Crippen molar-refractivity contribution in [2.45, 2.75) is 55.5 Å². The van der Waals surface area contributed by atoms with E-state index in [1.165, 1.54) is 37.3 Å². The average molecular weight is 652 g/mol. The van der Waals surface area contributed by atoms with Crippen molar-refractivity contribution in [3.8, 4) is 11.8 Å². The molecule has 8 nitrogen and oxygen atoms in total. The van der Waals surface area contributed by atoms with Crippen LogP contribution in [0.5, 0.6) is 5.75 Å². The maximum Gasteiger partial charge on any atom is 0.416 e. The molecule has 3 aromatic carbocycles. The summed E-state index contributed by atoms with van der Waals surface area (Å²) in [5.74, 6) is -1.41. The van der Waals surface area contributed by atoms with Crippen LogP contribution in [0.3, 0.4) is 0 Å². The Labute approximate surface area is 257 Å². The Balaban J connectivity index is 1.68. The largest absolute Gasteiger partial charge is 0.489 e. The first-order valence-corrected chi connectivity index (χ1v) is 15.5. The van der Waals surface area contributed by atoms with E-state index in [-0.39, 0.29) is 41.3 Å². The molecule has 3 atom stereocenters. The molecule has 1 heterocycles. The lowest BCUT2D eigenvalue weighted by molar-refractivity contribution is -0.137. The van der Waals surface area contributed by atoms with Crippen molar-refractivity contribution in [2.75, 3.05) is 23.8 Å². The van der Waals surface area contributed by atoms with Gasteiger partial charge >= 0.3 is 12.8 Å². The van der Waals surface area contributed by atoms with Gasteiger partial charge in [-0.05, 0) is 65.7 Å². The van der Waals surface area contributed by atoms with Crippen LogP contribution in [0.2, 0.25) is 0 Å². The van der Waals surface area contributed by atoms with Gasteiger partial charge in [-0.1, -0.05) is 19.1 Å². The number of ether oxygens (including phenoxy) is 2. The minimum absolute atomic E-state index is 0.0960. The van der Waals surface area contributed by atoms with Crippen LogP contribution < -0.4 is 15.4 Å². The highest BCUT2D eigenvalue weighted by atomic mass is 32.2. The quantitative estimate of drug-likeness (QED) is 0.242. The van der Waals surface area contributed by atoms with Gasteiger partial charge in [-0.25, -0.2) is 8.42 Å². The topological polar surface area (TPSA) is 123 Å². The van der Waals surface area contributed by atoms with Gasteiger partial charge in [0.2, 0.25) is 5.91 Å². The van der Waals surface area contributed by atoms with Crippen molar-refractivity contribution in [1.29, 1.82) is 5.26 Å². The lowest BCUT2D eigenvalue weighted by Gasteiger charge is -2.28. The number of amides is 1. The SMILES string of the molecule is CCS(=O)(=O)c1ccc([C@H](CC#N)c2cc(N3C[C@H](Oc4ccc(C(F)(F)F)cc4)C[C@H]3COC(F)F)ccc2C(N)=O)cc1. The van der Waals surface area contributed by atoms with Gasteiger partial charge in [0.25, 0.3) is 0 Å². The number of alkyl halides is 5. The Bertz CT molecular complexity index is 1640. The van der Waals surface area contributed by atoms with Crippen LogP contribution in [-0.2, 0) is 20.8 Å². The zero-order valence-electron chi connectivity index (χ0n) is 24.0. The first-order valence-electron chi connectivity index (χ1n) is 13.9. The van der Waals surface area contributed by atoms with Crippen LogP contribution >= 0.6 is 0 Å². The first kappa shape index (κ1) is 33.7. The summed E-state index contributed by atoms with van der Waals surface area (Å²) in [4.78, 5) is 14.3. The Morgan fingerprint density at radius 3 is 2.31 bits per heavy atom. The van der Waals surface area contributed by atoms with E-state index in [1.807, 2.05) is 0 Å². The predicted octanol–water partition coefficient (Wildman–Crippen LogP) is 5.91. The Morgan fingerprint density at radius 1 is 1.09 bits per heavy atom. The number of primary amides is 1. The van der Waals surface area contributed by atoms with Crippen molar-refractivity contribution in [3.05, 3.63) is 89.0 Å². The third-order valence-corrected chi connectivity index (χ3v) is 9.35. The number of nitriles is 1. The van der Waals surface area contributed by atoms with Crippen LogP contribution in [0.1, 0.15) is 52.7 Å². The number of benzene rings is 3. The monoisotopic (exact) mass is 651 g/mol. The standard InChI is InChI=1S/C31H30F5N3O5S/c1-2-45(41,42)25-10-3-19(4-11-25)26(13-14-37)28-16-21(7-12-27(28)29(38)40)39-17-24(15-22(39)18-43-30(32)33)44-23-8-5-20(6-9-23)31(34,35)36/h3-12,16,22,24,26,30H,2,13,15,17-18H2,1H3,(H2,38,40)/t22-,24+,26-/m0/s1. The molecule has 2 N–H and O–H groups in total. The van der Waals surface area contributed by atoms with Gasteiger partial charge in [0.05, 0.1) is 41.5 Å². The van der Waals surface area contributed by atoms with E-state index in [2.05, 4.69) is 10.8 Å². The third kappa shape index (κ3) is 8.09. The van der Waals surface area contributed by atoms with Crippen LogP contribution in [0.4, 0.5) is 27.6 Å². The van der Waals surface area contributed by atoms with E-state index in [0.29, 0.717) is 16.8 Å². The van der Waals surface area contributed by atoms with Gasteiger partial charge in [-0.2, -0.15) is 27.2 Å². The van der Waals surface area contributed by atoms with Crippen LogP contribution in [-0.4, -0.2) is 52.0 Å². The summed E-state index contributed by atoms with van der Waals surface area (Å²) in [6, 6.07) is 16.2. The zero-order valence-corrected chi connectivity index (χ0v) is 24.8. The molecule has 0 aromatic heterocycles. The Morgan fingerprint density at radius 2 is 1.76 bits per heavy atom. The molecule has 1 amide bonds. The molecule has 0 saturated carbocycles. The van der Waals surface area contributed by atoms with Crippen molar-refractivity contribution in [2.24, 2.45) is 5.73 Å². The van der Waals surface area contributed by atoms with Crippen LogP contribution in [0.15, 0.2) is 71.6 Å². The molecule has 14 heteroatoms. The smallest absolute Gasteiger partial charge is 0.416 e. The lowest BCUT2D eigenvalue weighted by atomic mass is 9.85. The molecule has 240 valence electrons. The number of anilines is 1. The molecule has 0 bridgehead atoms. The number of halogens is 5. The highest BCUT2D eigenvalue weighted by molar-refractivity contribution is 7.91. The highest BCUT2D eigenvalue weighted by Crippen LogP contribution is 2.37. The number of nitrogens with two attached hydrogens (primary N) is 1. The molecule has 0 aliphatic carbocycles. The van der Waals surface area contributed by atoms with Gasteiger partial charge < -0.3 is 20.1 Å². The van der Waals surface area contributed by atoms with Crippen molar-refractivity contribution < 1.29 is 44.6 Å². The summed E-state index contributed by atoms with van der Waals surface area (Å²) in [5.41, 5.74) is 6.34. The molecule has 0 radical (unpaired) electrons. The average Bonchev–Trinajstić information content (AvgIpc) is 3.40. The molecule has 1 fully saturated rings. The number of rotatable bonds is 12. The van der Waals surface area contributed by atoms with Gasteiger partial charge in [0.1, 0.15) is 11.9 Å². The summed E-state index contributed by atoms with van der Waals surface area (Å²) in [5, 5.41) is 9.65. The minimum Gasteiger partial charge on any atom is -0.489 e. The maximum atomic E-state index is 13.0. The molecule has 1 saturated heterocycles. The second-order valence-electron chi connectivity index (χ2n) is 10.4. The van der Waals surface area contributed by atoms with E-state index in [1.54, 1.807) is 29.2 Å². The number of carbonyl (C=O) groups excluding carboxylic acids is 1. The van der Waals surface area contributed by atoms with E-state index in [9.17, 15) is 40.4 Å². The summed E-state index contributed by atoms with van der Waals surface area (Å²) in [6.07, 6.45) is -5.04. The predicted molar refractivity (Wildman–Crippen MR) is 155 cm³/mol. The maximum absolute atomic E-state index is 13.0. The van der Waals surface area contributed by atoms with Gasteiger partial charge in [0.15, 0.2) is 9.84 Å². The molecule has 1 aliphatic rings. The lowest BCUT2D eigenvalue weighted by Crippen LogP contribution is -2.34. The molecule has 4 rings (SSSR count). The summed E-state index contributed by atoms with van der Waals surface area (Å²) >= 11 is 0. The molecule has 1 aliphatic heterocycles. The second-order valence-corrected chi connectivity index (χ2v) is 12.7. The van der Waals surface area contributed by atoms with E-state index < -0.39 is 58.8 Å². The van der Waals surface area contributed by atoms with Crippen molar-refractivity contribution >= 4 is 21.4 Å². The van der Waals surface area contributed by atoms with Crippen LogP contribution in [0, 0.1) is 11.3 Å².